The maximum atomic E-state index is 13.1. The number of rotatable bonds is 6. The van der Waals surface area contributed by atoms with Crippen LogP contribution in [-0.2, 0) is 9.59 Å². The fourth-order valence-corrected chi connectivity index (χ4v) is 5.71. The Hall–Kier alpha value is -3.51. The molecule has 0 bridgehead atoms. The van der Waals surface area contributed by atoms with E-state index >= 15 is 0 Å². The molecule has 0 saturated heterocycles. The number of aliphatic carboxylic acids is 1. The standard InChI is InChI=1S/C27H26N2O4/c28-27(26(32)33,24-19-8-3-4-10-21(19)29-22-11-5-9-20(22)24)15-23(30)25(31)18-13-12-16-6-1-2-7-17(16)14-18/h1-4,6-8,10,12-14,20,22,24,29H,5,9,11,15,28H2,(H,32,33)/t20-,22+,24?,27?/m0/s1. The van der Waals surface area contributed by atoms with Crippen molar-refractivity contribution < 1.29 is 19.5 Å². The van der Waals surface area contributed by atoms with Gasteiger partial charge in [-0.2, -0.15) is 0 Å². The molecule has 168 valence electrons. The summed E-state index contributed by atoms with van der Waals surface area (Å²) < 4.78 is 0. The molecule has 3 aromatic rings. The van der Waals surface area contributed by atoms with Crippen LogP contribution in [-0.4, -0.2) is 34.2 Å². The molecule has 1 fully saturated rings. The lowest BCUT2D eigenvalue weighted by Crippen LogP contribution is -2.59. The largest absolute Gasteiger partial charge is 0.480 e. The number of nitrogens with one attached hydrogen (secondary N) is 1. The molecule has 3 aromatic carbocycles. The number of benzene rings is 3. The molecule has 1 aliphatic heterocycles. The van der Waals surface area contributed by atoms with Crippen LogP contribution in [0.5, 0.6) is 0 Å². The summed E-state index contributed by atoms with van der Waals surface area (Å²) in [5.74, 6) is -3.31. The van der Waals surface area contributed by atoms with Crippen LogP contribution in [0, 0.1) is 5.92 Å². The van der Waals surface area contributed by atoms with E-state index in [0.29, 0.717) is 0 Å². The molecular weight excluding hydrogens is 416 g/mol. The zero-order chi connectivity index (χ0) is 23.2. The van der Waals surface area contributed by atoms with Crippen molar-refractivity contribution in [3.8, 4) is 0 Å². The molecule has 1 heterocycles. The summed E-state index contributed by atoms with van der Waals surface area (Å²) in [7, 11) is 0. The Bertz CT molecular complexity index is 1270. The van der Waals surface area contributed by atoms with E-state index in [1.165, 1.54) is 0 Å². The Morgan fingerprint density at radius 2 is 1.70 bits per heavy atom. The number of carbonyl (C=O) groups excluding carboxylic acids is 2. The highest BCUT2D eigenvalue weighted by atomic mass is 16.4. The van der Waals surface area contributed by atoms with Crippen LogP contribution in [0.4, 0.5) is 5.69 Å². The molecule has 0 spiro atoms. The van der Waals surface area contributed by atoms with Crippen molar-refractivity contribution in [1.29, 1.82) is 0 Å². The molecular formula is C27H26N2O4. The third kappa shape index (κ3) is 3.60. The van der Waals surface area contributed by atoms with Gasteiger partial charge in [-0.05, 0) is 47.2 Å². The molecule has 6 nitrogen and oxygen atoms in total. The third-order valence-corrected chi connectivity index (χ3v) is 7.31. The van der Waals surface area contributed by atoms with Gasteiger partial charge in [0, 0.05) is 29.6 Å². The van der Waals surface area contributed by atoms with Gasteiger partial charge < -0.3 is 16.2 Å². The molecule has 5 rings (SSSR count). The van der Waals surface area contributed by atoms with Crippen molar-refractivity contribution in [2.75, 3.05) is 5.32 Å². The summed E-state index contributed by atoms with van der Waals surface area (Å²) in [6, 6.07) is 20.3. The van der Waals surface area contributed by atoms with Gasteiger partial charge in [0.2, 0.25) is 11.6 Å². The second kappa shape index (κ2) is 8.12. The Labute approximate surface area is 191 Å². The number of carboxylic acids is 1. The van der Waals surface area contributed by atoms with Crippen molar-refractivity contribution >= 4 is 34.0 Å². The Morgan fingerprint density at radius 1 is 0.970 bits per heavy atom. The SMILES string of the molecule is NC(CC(=O)C(=O)c1ccc2ccccc2c1)(C(=O)O)C1c2ccccc2N[C@@H]2CCC[C@H]12. The van der Waals surface area contributed by atoms with Gasteiger partial charge in [0.15, 0.2) is 0 Å². The number of carbonyl (C=O) groups is 3. The number of Topliss-reactive ketones (excluding diaryl/α,β-unsaturated/α-hetero) is 2. The van der Waals surface area contributed by atoms with Gasteiger partial charge >= 0.3 is 5.97 Å². The smallest absolute Gasteiger partial charge is 0.324 e. The minimum absolute atomic E-state index is 0.00966. The first kappa shape index (κ1) is 21.3. The summed E-state index contributed by atoms with van der Waals surface area (Å²) in [6.07, 6.45) is 2.17. The highest BCUT2D eigenvalue weighted by molar-refractivity contribution is 6.44. The number of fused-ring (bicyclic) bond motifs is 3. The number of ketones is 2. The first-order valence-electron chi connectivity index (χ1n) is 11.3. The topological polar surface area (TPSA) is 109 Å². The molecule has 0 radical (unpaired) electrons. The zero-order valence-electron chi connectivity index (χ0n) is 18.2. The summed E-state index contributed by atoms with van der Waals surface area (Å²) in [5, 5.41) is 15.6. The van der Waals surface area contributed by atoms with Crippen LogP contribution >= 0.6 is 0 Å². The van der Waals surface area contributed by atoms with Crippen LogP contribution in [0.15, 0.2) is 66.7 Å². The van der Waals surface area contributed by atoms with E-state index in [9.17, 15) is 19.5 Å². The maximum absolute atomic E-state index is 13.1. The lowest BCUT2D eigenvalue weighted by atomic mass is 9.66. The lowest BCUT2D eigenvalue weighted by Gasteiger charge is -2.44. The van der Waals surface area contributed by atoms with Crippen LogP contribution in [0.2, 0.25) is 0 Å². The summed E-state index contributed by atoms with van der Waals surface area (Å²) in [5.41, 5.74) is 6.62. The normalized spacial score (nSPS) is 23.1. The Kier molecular flexibility index (Phi) is 5.25. The first-order valence-corrected chi connectivity index (χ1v) is 11.3. The fourth-order valence-electron chi connectivity index (χ4n) is 5.71. The van der Waals surface area contributed by atoms with Crippen LogP contribution in [0.1, 0.15) is 47.5 Å². The molecule has 1 aliphatic carbocycles. The summed E-state index contributed by atoms with van der Waals surface area (Å²) >= 11 is 0. The minimum Gasteiger partial charge on any atom is -0.480 e. The number of hydrogen-bond acceptors (Lipinski definition) is 5. The third-order valence-electron chi connectivity index (χ3n) is 7.31. The highest BCUT2D eigenvalue weighted by Gasteiger charge is 2.53. The van der Waals surface area contributed by atoms with Crippen LogP contribution in [0.3, 0.4) is 0 Å². The van der Waals surface area contributed by atoms with Crippen LogP contribution in [0.25, 0.3) is 10.8 Å². The Morgan fingerprint density at radius 3 is 2.48 bits per heavy atom. The number of hydrogen-bond donors (Lipinski definition) is 3. The molecule has 6 heteroatoms. The van der Waals surface area contributed by atoms with E-state index in [2.05, 4.69) is 5.32 Å². The van der Waals surface area contributed by atoms with Crippen molar-refractivity contribution in [1.82, 2.24) is 0 Å². The average molecular weight is 443 g/mol. The lowest BCUT2D eigenvalue weighted by molar-refractivity contribution is -0.146. The van der Waals surface area contributed by atoms with E-state index in [1.807, 2.05) is 48.5 Å². The van der Waals surface area contributed by atoms with Crippen molar-refractivity contribution in [2.24, 2.45) is 11.7 Å². The fraction of sp³-hybridized carbons (Fsp3) is 0.296. The van der Waals surface area contributed by atoms with Gasteiger partial charge in [-0.25, -0.2) is 0 Å². The number of anilines is 1. The van der Waals surface area contributed by atoms with Crippen molar-refractivity contribution in [2.45, 2.75) is 43.2 Å². The molecule has 2 aliphatic rings. The average Bonchev–Trinajstić information content (AvgIpc) is 3.29. The van der Waals surface area contributed by atoms with E-state index in [4.69, 9.17) is 5.73 Å². The van der Waals surface area contributed by atoms with E-state index in [-0.39, 0.29) is 17.5 Å². The zero-order valence-corrected chi connectivity index (χ0v) is 18.2. The number of carboxylic acid groups (broad SMARTS) is 1. The summed E-state index contributed by atoms with van der Waals surface area (Å²) in [4.78, 5) is 38.8. The first-order chi connectivity index (χ1) is 15.9. The molecule has 4 N–H and O–H groups in total. The number of para-hydroxylation sites is 1. The van der Waals surface area contributed by atoms with Gasteiger partial charge in [-0.1, -0.05) is 61.0 Å². The Balaban J connectivity index is 1.49. The van der Waals surface area contributed by atoms with E-state index in [1.54, 1.807) is 18.2 Å². The van der Waals surface area contributed by atoms with Gasteiger partial charge in [0.1, 0.15) is 5.54 Å². The van der Waals surface area contributed by atoms with Crippen molar-refractivity contribution in [3.05, 3.63) is 77.9 Å². The van der Waals surface area contributed by atoms with Gasteiger partial charge in [0.05, 0.1) is 0 Å². The van der Waals surface area contributed by atoms with E-state index < -0.39 is 35.4 Å². The van der Waals surface area contributed by atoms with Gasteiger partial charge in [-0.15, -0.1) is 0 Å². The highest BCUT2D eigenvalue weighted by Crippen LogP contribution is 2.50. The molecule has 2 unspecified atom stereocenters. The molecule has 1 saturated carbocycles. The molecule has 0 aromatic heterocycles. The van der Waals surface area contributed by atoms with Crippen molar-refractivity contribution in [3.63, 3.8) is 0 Å². The molecule has 4 atom stereocenters. The molecule has 0 amide bonds. The predicted octanol–water partition coefficient (Wildman–Crippen LogP) is 4.14. The predicted molar refractivity (Wildman–Crippen MR) is 126 cm³/mol. The second-order valence-electron chi connectivity index (χ2n) is 9.25. The van der Waals surface area contributed by atoms with Gasteiger partial charge in [0.25, 0.3) is 0 Å². The van der Waals surface area contributed by atoms with E-state index in [0.717, 1.165) is 41.3 Å². The van der Waals surface area contributed by atoms with Gasteiger partial charge in [-0.3, -0.25) is 14.4 Å². The molecule has 33 heavy (non-hydrogen) atoms. The maximum Gasteiger partial charge on any atom is 0.324 e. The minimum atomic E-state index is -1.88. The van der Waals surface area contributed by atoms with Crippen LogP contribution < -0.4 is 11.1 Å². The quantitative estimate of drug-likeness (QED) is 0.391. The monoisotopic (exact) mass is 442 g/mol. The number of nitrogens with two attached hydrogens (primary N) is 1. The summed E-state index contributed by atoms with van der Waals surface area (Å²) in [6.45, 7) is 0. The second-order valence-corrected chi connectivity index (χ2v) is 9.25.